The van der Waals surface area contributed by atoms with Crippen LogP contribution in [0.3, 0.4) is 0 Å². The molecule has 2 fully saturated rings. The van der Waals surface area contributed by atoms with E-state index >= 15 is 4.39 Å². The van der Waals surface area contributed by atoms with Gasteiger partial charge >= 0.3 is 18.9 Å². The van der Waals surface area contributed by atoms with E-state index in [1.807, 2.05) is 34.6 Å². The Morgan fingerprint density at radius 3 is 2.35 bits per heavy atom. The fourth-order valence-electron chi connectivity index (χ4n) is 3.65. The van der Waals surface area contributed by atoms with Gasteiger partial charge in [-0.25, -0.2) is 4.39 Å². The smallest absolute Gasteiger partial charge is 0.399 e. The van der Waals surface area contributed by atoms with Crippen molar-refractivity contribution < 1.29 is 23.0 Å². The number of halogens is 1. The van der Waals surface area contributed by atoms with E-state index in [9.17, 15) is 4.79 Å². The van der Waals surface area contributed by atoms with Crippen molar-refractivity contribution in [2.24, 2.45) is 0 Å². The molecule has 31 heavy (non-hydrogen) atoms. The van der Waals surface area contributed by atoms with Gasteiger partial charge in [0.1, 0.15) is 5.82 Å². The van der Waals surface area contributed by atoms with Crippen LogP contribution in [0.4, 0.5) is 4.39 Å². The first kappa shape index (κ1) is 22.0. The van der Waals surface area contributed by atoms with Crippen LogP contribution in [-0.2, 0) is 14.7 Å². The van der Waals surface area contributed by atoms with Crippen molar-refractivity contribution in [1.29, 1.82) is 0 Å². The maximum atomic E-state index is 15.3. The summed E-state index contributed by atoms with van der Waals surface area (Å²) < 4.78 is 32.4. The molecule has 1 atom stereocenters. The highest BCUT2D eigenvalue weighted by Crippen LogP contribution is 2.46. The molecule has 1 saturated carbocycles. The minimum Gasteiger partial charge on any atom is -0.399 e. The molecule has 1 aliphatic carbocycles. The number of benzene rings is 1. The zero-order chi connectivity index (χ0) is 22.8. The van der Waals surface area contributed by atoms with Crippen molar-refractivity contribution in [3.8, 4) is 0 Å². The third kappa shape index (κ3) is 3.78. The quantitative estimate of drug-likeness (QED) is 0.734. The van der Waals surface area contributed by atoms with Crippen LogP contribution >= 0.6 is 0 Å². The van der Waals surface area contributed by atoms with Gasteiger partial charge in [0.25, 0.3) is 0 Å². The molecule has 0 bridgehead atoms. The summed E-state index contributed by atoms with van der Waals surface area (Å²) in [4.78, 5) is 16.8. The van der Waals surface area contributed by atoms with Crippen molar-refractivity contribution in [2.45, 2.75) is 84.0 Å². The van der Waals surface area contributed by atoms with Crippen LogP contribution in [0.2, 0.25) is 0 Å². The second-order valence-corrected chi connectivity index (χ2v) is 9.95. The van der Waals surface area contributed by atoms with Gasteiger partial charge in [-0.3, -0.25) is 4.79 Å². The van der Waals surface area contributed by atoms with Crippen LogP contribution in [-0.4, -0.2) is 34.4 Å². The number of amides is 1. The van der Waals surface area contributed by atoms with E-state index in [0.29, 0.717) is 22.4 Å². The van der Waals surface area contributed by atoms with Crippen LogP contribution in [0, 0.1) is 12.7 Å². The molecular formula is C22H29BFN3O4. The molecule has 1 aliphatic heterocycles. The summed E-state index contributed by atoms with van der Waals surface area (Å²) in [5.41, 5.74) is 0.224. The average Bonchev–Trinajstić information content (AvgIpc) is 3.13. The van der Waals surface area contributed by atoms with Crippen LogP contribution in [0.15, 0.2) is 16.7 Å². The van der Waals surface area contributed by atoms with E-state index < -0.39 is 36.1 Å². The molecule has 2 aromatic rings. The van der Waals surface area contributed by atoms with Gasteiger partial charge in [-0.1, -0.05) is 24.2 Å². The molecule has 1 unspecified atom stereocenters. The lowest BCUT2D eigenvalue weighted by Crippen LogP contribution is -2.41. The van der Waals surface area contributed by atoms with E-state index in [0.717, 1.165) is 12.8 Å². The lowest BCUT2D eigenvalue weighted by Gasteiger charge is -2.32. The van der Waals surface area contributed by atoms with Gasteiger partial charge < -0.3 is 19.1 Å². The van der Waals surface area contributed by atoms with Crippen molar-refractivity contribution in [3.05, 3.63) is 40.8 Å². The lowest BCUT2D eigenvalue weighted by molar-refractivity contribution is 0.00578. The van der Waals surface area contributed by atoms with Gasteiger partial charge in [0.2, 0.25) is 0 Å². The van der Waals surface area contributed by atoms with Crippen LogP contribution < -0.4 is 10.8 Å². The maximum Gasteiger partial charge on any atom is 0.497 e. The molecule has 0 radical (unpaired) electrons. The molecule has 9 heteroatoms. The predicted octanol–water partition coefficient (Wildman–Crippen LogP) is 3.36. The zero-order valence-corrected chi connectivity index (χ0v) is 19.1. The molecule has 0 spiro atoms. The number of nitrogens with one attached hydrogen (secondary N) is 1. The summed E-state index contributed by atoms with van der Waals surface area (Å²) in [6.45, 7) is 13.2. The number of aromatic nitrogens is 2. The Hall–Kier alpha value is -2.26. The largest absolute Gasteiger partial charge is 0.497 e. The van der Waals surface area contributed by atoms with Gasteiger partial charge in [0.15, 0.2) is 5.82 Å². The number of hydrogen-bond donors (Lipinski definition) is 1. The van der Waals surface area contributed by atoms with E-state index in [-0.39, 0.29) is 11.3 Å². The molecule has 166 valence electrons. The molecule has 1 N–H and O–H groups in total. The highest BCUT2D eigenvalue weighted by atomic mass is 19.1. The summed E-state index contributed by atoms with van der Waals surface area (Å²) in [7, 11) is -0.789. The Balaban J connectivity index is 1.50. The first-order chi connectivity index (χ1) is 14.3. The Kier molecular flexibility index (Phi) is 5.05. The van der Waals surface area contributed by atoms with E-state index in [4.69, 9.17) is 13.8 Å². The number of nitrogens with zero attached hydrogens (tertiary/aromatic N) is 2. The SMILES string of the molecule is Cc1c(C(C)NC(=O)c2nc(C3(C)CC3)no2)ccc(B2OC(C)(C)C(C)(C)O2)c1F. The summed E-state index contributed by atoms with van der Waals surface area (Å²) in [5.74, 6) is -0.412. The third-order valence-corrected chi connectivity index (χ3v) is 6.94. The third-order valence-electron chi connectivity index (χ3n) is 6.94. The number of rotatable bonds is 5. The molecule has 1 aromatic carbocycles. The van der Waals surface area contributed by atoms with Gasteiger partial charge in [0, 0.05) is 10.9 Å². The van der Waals surface area contributed by atoms with Crippen molar-refractivity contribution >= 4 is 18.5 Å². The van der Waals surface area contributed by atoms with E-state index in [1.165, 1.54) is 0 Å². The minimum absolute atomic E-state index is 0.0815. The zero-order valence-electron chi connectivity index (χ0n) is 19.1. The van der Waals surface area contributed by atoms with Crippen molar-refractivity contribution in [3.63, 3.8) is 0 Å². The highest BCUT2D eigenvalue weighted by molar-refractivity contribution is 6.62. The Morgan fingerprint density at radius 2 is 1.77 bits per heavy atom. The molecule has 1 amide bonds. The van der Waals surface area contributed by atoms with E-state index in [2.05, 4.69) is 15.5 Å². The predicted molar refractivity (Wildman–Crippen MR) is 114 cm³/mol. The molecule has 2 aliphatic rings. The summed E-state index contributed by atoms with van der Waals surface area (Å²) in [6, 6.07) is 2.98. The lowest BCUT2D eigenvalue weighted by atomic mass is 9.76. The number of carbonyl (C=O) groups excluding carboxylic acids is 1. The molecular weight excluding hydrogens is 400 g/mol. The Bertz CT molecular complexity index is 1020. The average molecular weight is 429 g/mol. The first-order valence-corrected chi connectivity index (χ1v) is 10.6. The van der Waals surface area contributed by atoms with Crippen molar-refractivity contribution in [2.75, 3.05) is 0 Å². The van der Waals surface area contributed by atoms with Crippen LogP contribution in [0.1, 0.15) is 88.1 Å². The first-order valence-electron chi connectivity index (χ1n) is 10.6. The fourth-order valence-corrected chi connectivity index (χ4v) is 3.65. The second-order valence-electron chi connectivity index (χ2n) is 9.95. The van der Waals surface area contributed by atoms with Gasteiger partial charge in [-0.15, -0.1) is 0 Å². The summed E-state index contributed by atoms with van der Waals surface area (Å²) in [6.07, 6.45) is 1.97. The maximum absolute atomic E-state index is 15.3. The second kappa shape index (κ2) is 7.13. The molecule has 1 saturated heterocycles. The van der Waals surface area contributed by atoms with Gasteiger partial charge in [0.05, 0.1) is 17.2 Å². The Labute approximate surface area is 182 Å². The van der Waals surface area contributed by atoms with Gasteiger partial charge in [-0.2, -0.15) is 4.98 Å². The fraction of sp³-hybridized carbons (Fsp3) is 0.591. The van der Waals surface area contributed by atoms with Crippen molar-refractivity contribution in [1.82, 2.24) is 15.5 Å². The molecule has 4 rings (SSSR count). The van der Waals surface area contributed by atoms with E-state index in [1.54, 1.807) is 26.0 Å². The van der Waals surface area contributed by atoms with Crippen LogP contribution in [0.25, 0.3) is 0 Å². The highest BCUT2D eigenvalue weighted by Gasteiger charge is 2.52. The van der Waals surface area contributed by atoms with Crippen LogP contribution in [0.5, 0.6) is 0 Å². The molecule has 1 aromatic heterocycles. The monoisotopic (exact) mass is 429 g/mol. The normalized spacial score (nSPS) is 21.7. The standard InChI is InChI=1S/C22H29BFN3O4/c1-12-14(8-9-15(16(12)24)23-30-20(3,4)21(5,6)31-23)13(2)25-17(28)18-26-19(27-29-18)22(7)10-11-22/h8-9,13H,10-11H2,1-7H3,(H,25,28). The Morgan fingerprint density at radius 1 is 1.16 bits per heavy atom. The topological polar surface area (TPSA) is 86.5 Å². The molecule has 2 heterocycles. The number of carbonyl (C=O) groups is 1. The van der Waals surface area contributed by atoms with Gasteiger partial charge in [-0.05, 0) is 65.5 Å². The molecule has 7 nitrogen and oxygen atoms in total. The number of hydrogen-bond acceptors (Lipinski definition) is 6. The minimum atomic E-state index is -0.789. The summed E-state index contributed by atoms with van der Waals surface area (Å²) >= 11 is 0. The summed E-state index contributed by atoms with van der Waals surface area (Å²) in [5, 5.41) is 6.74.